The van der Waals surface area contributed by atoms with Gasteiger partial charge >= 0.3 is 0 Å². The summed E-state index contributed by atoms with van der Waals surface area (Å²) in [6, 6.07) is 14.5. The van der Waals surface area contributed by atoms with E-state index in [1.165, 1.54) is 10.8 Å². The van der Waals surface area contributed by atoms with Gasteiger partial charge in [-0.25, -0.2) is 0 Å². The fourth-order valence-corrected chi connectivity index (χ4v) is 2.26. The summed E-state index contributed by atoms with van der Waals surface area (Å²) < 4.78 is 5.39. The maximum Gasteiger partial charge on any atom is 0.175 e. The van der Waals surface area contributed by atoms with Crippen LogP contribution in [0.1, 0.15) is 0 Å². The topological polar surface area (TPSA) is 26.0 Å². The third kappa shape index (κ3) is 0.773. The SMILES string of the molecule is c1cc2cc(c1)c1onc3cccc2c31. The van der Waals surface area contributed by atoms with E-state index in [1.54, 1.807) is 0 Å². The van der Waals surface area contributed by atoms with Gasteiger partial charge in [0.05, 0.1) is 5.39 Å². The van der Waals surface area contributed by atoms with Crippen molar-refractivity contribution in [3.63, 3.8) is 0 Å². The molecule has 0 N–H and O–H groups in total. The second-order valence-electron chi connectivity index (χ2n) is 3.79. The van der Waals surface area contributed by atoms with Crippen LogP contribution >= 0.6 is 0 Å². The molecule has 0 saturated carbocycles. The van der Waals surface area contributed by atoms with Gasteiger partial charge in [-0.2, -0.15) is 0 Å². The molecule has 0 radical (unpaired) electrons. The van der Waals surface area contributed by atoms with Crippen LogP contribution in [0.3, 0.4) is 0 Å². The first-order valence-electron chi connectivity index (χ1n) is 4.93. The van der Waals surface area contributed by atoms with Gasteiger partial charge in [-0.3, -0.25) is 0 Å². The van der Waals surface area contributed by atoms with Crippen molar-refractivity contribution in [2.24, 2.45) is 0 Å². The van der Waals surface area contributed by atoms with Crippen molar-refractivity contribution in [2.45, 2.75) is 0 Å². The van der Waals surface area contributed by atoms with Gasteiger partial charge in [0.25, 0.3) is 0 Å². The number of hydrogen-bond acceptors (Lipinski definition) is 2. The second kappa shape index (κ2) is 2.28. The molecule has 2 heteroatoms. The summed E-state index contributed by atoms with van der Waals surface area (Å²) in [7, 11) is 0. The van der Waals surface area contributed by atoms with Crippen LogP contribution in [0.2, 0.25) is 0 Å². The first-order chi connectivity index (χ1) is 7.43. The first kappa shape index (κ1) is 7.23. The Kier molecular flexibility index (Phi) is 1.10. The second-order valence-corrected chi connectivity index (χ2v) is 3.79. The van der Waals surface area contributed by atoms with E-state index in [0.717, 1.165) is 21.9 Å². The normalized spacial score (nSPS) is 12.0. The summed E-state index contributed by atoms with van der Waals surface area (Å²) in [6.07, 6.45) is 0. The van der Waals surface area contributed by atoms with E-state index in [1.807, 2.05) is 12.1 Å². The molecule has 0 fully saturated rings. The van der Waals surface area contributed by atoms with Crippen molar-refractivity contribution >= 4 is 32.6 Å². The summed E-state index contributed by atoms with van der Waals surface area (Å²) in [4.78, 5) is 0. The first-order valence-corrected chi connectivity index (χ1v) is 4.93. The number of fused-ring (bicyclic) bond motifs is 4. The molecule has 0 aliphatic rings. The minimum absolute atomic E-state index is 0.897. The predicted octanol–water partition coefficient (Wildman–Crippen LogP) is 3.57. The predicted molar refractivity (Wildman–Crippen MR) is 60.2 cm³/mol. The van der Waals surface area contributed by atoms with Crippen LogP contribution in [0.15, 0.2) is 47.0 Å². The standard InChI is InChI=1S/C13H7NO/c1-3-8-7-9(4-1)13-12-10(8)5-2-6-11(12)14-15-13/h1-7H. The maximum atomic E-state index is 5.39. The monoisotopic (exact) mass is 193 g/mol. The molecule has 0 spiro atoms. The Morgan fingerprint density at radius 1 is 0.933 bits per heavy atom. The lowest BCUT2D eigenvalue weighted by molar-refractivity contribution is 0.467. The molecule has 0 atom stereocenters. The van der Waals surface area contributed by atoms with Crippen LogP contribution < -0.4 is 0 Å². The van der Waals surface area contributed by atoms with Crippen LogP contribution in [0.5, 0.6) is 0 Å². The minimum atomic E-state index is 0.897. The average molecular weight is 193 g/mol. The summed E-state index contributed by atoms with van der Waals surface area (Å²) in [5.74, 6) is 0. The highest BCUT2D eigenvalue weighted by Gasteiger charge is 2.11. The van der Waals surface area contributed by atoms with E-state index in [0.29, 0.717) is 0 Å². The van der Waals surface area contributed by atoms with Gasteiger partial charge in [0.2, 0.25) is 0 Å². The minimum Gasteiger partial charge on any atom is -0.355 e. The maximum absolute atomic E-state index is 5.39. The molecule has 4 rings (SSSR count). The van der Waals surface area contributed by atoms with Crippen molar-refractivity contribution in [1.82, 2.24) is 5.16 Å². The van der Waals surface area contributed by atoms with Crippen LogP contribution in [-0.4, -0.2) is 5.16 Å². The molecule has 2 bridgehead atoms. The van der Waals surface area contributed by atoms with Gasteiger partial charge in [0.15, 0.2) is 5.58 Å². The number of aromatic nitrogens is 1. The molecule has 0 saturated heterocycles. The quantitative estimate of drug-likeness (QED) is 0.426. The summed E-state index contributed by atoms with van der Waals surface area (Å²) in [5.41, 5.74) is 1.84. The van der Waals surface area contributed by atoms with Gasteiger partial charge in [0.1, 0.15) is 5.52 Å². The van der Waals surface area contributed by atoms with E-state index in [-0.39, 0.29) is 0 Å². The lowest BCUT2D eigenvalue weighted by atomic mass is 10.0. The molecule has 0 unspecified atom stereocenters. The Morgan fingerprint density at radius 2 is 1.80 bits per heavy atom. The van der Waals surface area contributed by atoms with E-state index >= 15 is 0 Å². The summed E-state index contributed by atoms with van der Waals surface area (Å²) in [6.45, 7) is 0. The molecule has 4 aromatic rings. The van der Waals surface area contributed by atoms with E-state index in [2.05, 4.69) is 35.5 Å². The molecule has 2 nitrogen and oxygen atoms in total. The molecule has 3 aromatic carbocycles. The Labute approximate surface area is 85.4 Å². The van der Waals surface area contributed by atoms with Gasteiger partial charge < -0.3 is 4.52 Å². The molecule has 0 aliphatic heterocycles. The highest BCUT2D eigenvalue weighted by Crippen LogP contribution is 2.33. The third-order valence-corrected chi connectivity index (χ3v) is 2.94. The van der Waals surface area contributed by atoms with Crippen LogP contribution in [0.25, 0.3) is 32.6 Å². The highest BCUT2D eigenvalue weighted by molar-refractivity contribution is 6.19. The fourth-order valence-electron chi connectivity index (χ4n) is 2.26. The largest absolute Gasteiger partial charge is 0.355 e. The van der Waals surface area contributed by atoms with E-state index < -0.39 is 0 Å². The highest BCUT2D eigenvalue weighted by atomic mass is 16.5. The molecule has 0 aliphatic carbocycles. The molecule has 70 valence electrons. The van der Waals surface area contributed by atoms with Crippen LogP contribution in [0.4, 0.5) is 0 Å². The van der Waals surface area contributed by atoms with Crippen molar-refractivity contribution in [1.29, 1.82) is 0 Å². The molecular weight excluding hydrogens is 186 g/mol. The smallest absolute Gasteiger partial charge is 0.175 e. The number of hydrogen-bond donors (Lipinski definition) is 0. The van der Waals surface area contributed by atoms with Gasteiger partial charge in [-0.05, 0) is 22.9 Å². The Hall–Kier alpha value is -2.09. The number of benzene rings is 3. The summed E-state index contributed by atoms with van der Waals surface area (Å²) >= 11 is 0. The number of rotatable bonds is 0. The van der Waals surface area contributed by atoms with Crippen molar-refractivity contribution in [3.05, 3.63) is 42.5 Å². The van der Waals surface area contributed by atoms with Gasteiger partial charge in [0, 0.05) is 5.39 Å². The fraction of sp³-hybridized carbons (Fsp3) is 0. The lowest BCUT2D eigenvalue weighted by Gasteiger charge is -2.01. The third-order valence-electron chi connectivity index (χ3n) is 2.94. The van der Waals surface area contributed by atoms with Gasteiger partial charge in [-0.15, -0.1) is 0 Å². The van der Waals surface area contributed by atoms with Crippen molar-refractivity contribution in [3.8, 4) is 0 Å². The average Bonchev–Trinajstić information content (AvgIpc) is 2.72. The molecule has 15 heavy (non-hydrogen) atoms. The zero-order valence-electron chi connectivity index (χ0n) is 7.90. The van der Waals surface area contributed by atoms with E-state index in [9.17, 15) is 0 Å². The zero-order valence-corrected chi connectivity index (χ0v) is 7.90. The Morgan fingerprint density at radius 3 is 2.80 bits per heavy atom. The number of nitrogens with zero attached hydrogens (tertiary/aromatic N) is 1. The van der Waals surface area contributed by atoms with Crippen molar-refractivity contribution in [2.75, 3.05) is 0 Å². The van der Waals surface area contributed by atoms with E-state index in [4.69, 9.17) is 4.52 Å². The zero-order chi connectivity index (χ0) is 9.83. The Balaban J connectivity index is 2.54. The van der Waals surface area contributed by atoms with Crippen LogP contribution in [0, 0.1) is 0 Å². The lowest BCUT2D eigenvalue weighted by Crippen LogP contribution is -1.77. The Bertz CT molecular complexity index is 769. The summed E-state index contributed by atoms with van der Waals surface area (Å²) in [5, 5.41) is 8.80. The molecule has 1 aromatic heterocycles. The van der Waals surface area contributed by atoms with Crippen LogP contribution in [-0.2, 0) is 0 Å². The molecule has 1 heterocycles. The van der Waals surface area contributed by atoms with Gasteiger partial charge in [-0.1, -0.05) is 35.5 Å². The van der Waals surface area contributed by atoms with Crippen molar-refractivity contribution < 1.29 is 4.52 Å². The molecule has 0 amide bonds. The molecular formula is C13H7NO.